The Morgan fingerprint density at radius 1 is 1.71 bits per heavy atom. The normalized spacial score (nSPS) is 9.50. The van der Waals surface area contributed by atoms with Crippen LogP contribution in [-0.2, 0) is 0 Å². The molecule has 0 radical (unpaired) electrons. The van der Waals surface area contributed by atoms with Crippen LogP contribution >= 0.6 is 0 Å². The third-order valence-electron chi connectivity index (χ3n) is 1.47. The number of hydrogen-bond acceptors (Lipinski definition) is 6. The summed E-state index contributed by atoms with van der Waals surface area (Å²) in [5.74, 6) is 3.26. The van der Waals surface area contributed by atoms with Gasteiger partial charge in [0.2, 0.25) is 5.82 Å². The minimum absolute atomic E-state index is 0.282. The molecule has 0 amide bonds. The Morgan fingerprint density at radius 2 is 2.36 bits per heavy atom. The zero-order valence-corrected chi connectivity index (χ0v) is 6.80. The smallest absolute Gasteiger partial charge is 0.342 e. The maximum atomic E-state index is 10.6. The van der Waals surface area contributed by atoms with Gasteiger partial charge in [0.25, 0.3) is 0 Å². The highest BCUT2D eigenvalue weighted by atomic mass is 16.6. The molecule has 0 aliphatic rings. The molecule has 0 saturated heterocycles. The molecule has 1 heterocycles. The van der Waals surface area contributed by atoms with Gasteiger partial charge < -0.3 is 10.5 Å². The van der Waals surface area contributed by atoms with Crippen LogP contribution < -0.4 is 11.3 Å². The molecule has 8 heteroatoms. The number of carbonyl (C=O) groups is 1. The van der Waals surface area contributed by atoms with E-state index in [-0.39, 0.29) is 5.82 Å². The summed E-state index contributed by atoms with van der Waals surface area (Å²) >= 11 is 0. The zero-order valence-electron chi connectivity index (χ0n) is 6.80. The standard InChI is InChI=1S/C6H6N4O4/c7-9-5-4(10(13)14)3(6(11)12)1-2-8-5/h1-2H,7H2,(H,8,9)(H,11,12). The predicted octanol–water partition coefficient (Wildman–Crippen LogP) is -0.0264. The Kier molecular flexibility index (Phi) is 2.58. The summed E-state index contributed by atoms with van der Waals surface area (Å²) in [6, 6.07) is 1.03. The van der Waals surface area contributed by atoms with Crippen molar-refractivity contribution in [3.63, 3.8) is 0 Å². The van der Waals surface area contributed by atoms with E-state index in [1.54, 1.807) is 0 Å². The number of hydrogen-bond donors (Lipinski definition) is 3. The van der Waals surface area contributed by atoms with Gasteiger partial charge >= 0.3 is 11.7 Å². The van der Waals surface area contributed by atoms with Gasteiger partial charge in [0.05, 0.1) is 4.92 Å². The van der Waals surface area contributed by atoms with E-state index >= 15 is 0 Å². The van der Waals surface area contributed by atoms with Crippen LogP contribution in [0.5, 0.6) is 0 Å². The van der Waals surface area contributed by atoms with Crippen molar-refractivity contribution in [2.45, 2.75) is 0 Å². The van der Waals surface area contributed by atoms with Crippen molar-refractivity contribution in [1.29, 1.82) is 0 Å². The number of aromatic carboxylic acids is 1. The second kappa shape index (κ2) is 3.66. The maximum Gasteiger partial charge on any atom is 0.342 e. The summed E-state index contributed by atoms with van der Waals surface area (Å²) in [6.45, 7) is 0. The van der Waals surface area contributed by atoms with E-state index in [4.69, 9.17) is 10.9 Å². The SMILES string of the molecule is NNc1nccc(C(=O)O)c1[N+](=O)[O-]. The highest BCUT2D eigenvalue weighted by Gasteiger charge is 2.24. The molecular weight excluding hydrogens is 192 g/mol. The molecule has 0 spiro atoms. The van der Waals surface area contributed by atoms with Crippen molar-refractivity contribution in [2.75, 3.05) is 5.43 Å². The third-order valence-corrected chi connectivity index (χ3v) is 1.47. The Morgan fingerprint density at radius 3 is 2.79 bits per heavy atom. The lowest BCUT2D eigenvalue weighted by molar-refractivity contribution is -0.384. The van der Waals surface area contributed by atoms with Crippen LogP contribution in [-0.4, -0.2) is 21.0 Å². The van der Waals surface area contributed by atoms with Crippen molar-refractivity contribution >= 4 is 17.5 Å². The largest absolute Gasteiger partial charge is 0.477 e. The third kappa shape index (κ3) is 1.59. The number of nitrogens with two attached hydrogens (primary N) is 1. The number of anilines is 1. The van der Waals surface area contributed by atoms with Gasteiger partial charge in [-0.25, -0.2) is 15.6 Å². The average Bonchev–Trinajstić information content (AvgIpc) is 2.16. The lowest BCUT2D eigenvalue weighted by atomic mass is 10.2. The number of hydrazine groups is 1. The molecule has 74 valence electrons. The number of pyridine rings is 1. The van der Waals surface area contributed by atoms with Gasteiger partial charge in [-0.15, -0.1) is 0 Å². The highest BCUT2D eigenvalue weighted by molar-refractivity contribution is 5.94. The van der Waals surface area contributed by atoms with Crippen LogP contribution in [0, 0.1) is 10.1 Å². The molecule has 0 bridgehead atoms. The van der Waals surface area contributed by atoms with Crippen LogP contribution in [0.4, 0.5) is 11.5 Å². The molecule has 0 unspecified atom stereocenters. The van der Waals surface area contributed by atoms with Crippen LogP contribution in [0.2, 0.25) is 0 Å². The molecule has 4 N–H and O–H groups in total. The number of carboxylic acids is 1. The van der Waals surface area contributed by atoms with E-state index in [9.17, 15) is 14.9 Å². The number of rotatable bonds is 3. The van der Waals surface area contributed by atoms with E-state index in [0.717, 1.165) is 12.3 Å². The second-order valence-electron chi connectivity index (χ2n) is 2.26. The van der Waals surface area contributed by atoms with E-state index in [2.05, 4.69) is 4.98 Å². The molecule has 1 aromatic heterocycles. The number of nitrogens with one attached hydrogen (secondary N) is 1. The minimum Gasteiger partial charge on any atom is -0.477 e. The molecule has 1 rings (SSSR count). The van der Waals surface area contributed by atoms with Crippen LogP contribution in [0.1, 0.15) is 10.4 Å². The van der Waals surface area contributed by atoms with Gasteiger partial charge in [0, 0.05) is 6.20 Å². The first-order valence-corrected chi connectivity index (χ1v) is 3.41. The fourth-order valence-corrected chi connectivity index (χ4v) is 0.917. The van der Waals surface area contributed by atoms with Gasteiger partial charge in [-0.3, -0.25) is 10.1 Å². The number of nitrogens with zero attached hydrogens (tertiary/aromatic N) is 2. The first-order chi connectivity index (χ1) is 6.57. The summed E-state index contributed by atoms with van der Waals surface area (Å²) in [6.07, 6.45) is 1.12. The lowest BCUT2D eigenvalue weighted by Gasteiger charge is -2.02. The molecule has 0 aliphatic heterocycles. The molecule has 14 heavy (non-hydrogen) atoms. The molecule has 0 aliphatic carbocycles. The fourth-order valence-electron chi connectivity index (χ4n) is 0.917. The first-order valence-electron chi connectivity index (χ1n) is 3.41. The van der Waals surface area contributed by atoms with Gasteiger partial charge in [-0.2, -0.15) is 0 Å². The summed E-state index contributed by atoms with van der Waals surface area (Å²) in [5.41, 5.74) is 0.845. The zero-order chi connectivity index (χ0) is 10.7. The van der Waals surface area contributed by atoms with E-state index in [1.165, 1.54) is 0 Å². The van der Waals surface area contributed by atoms with E-state index in [0.29, 0.717) is 0 Å². The molecule has 1 aromatic rings. The van der Waals surface area contributed by atoms with E-state index < -0.39 is 22.1 Å². The van der Waals surface area contributed by atoms with Gasteiger partial charge in [0.1, 0.15) is 5.56 Å². The maximum absolute atomic E-state index is 10.6. The summed E-state index contributed by atoms with van der Waals surface area (Å²) in [4.78, 5) is 23.8. The van der Waals surface area contributed by atoms with Crippen molar-refractivity contribution in [1.82, 2.24) is 4.98 Å². The monoisotopic (exact) mass is 198 g/mol. The van der Waals surface area contributed by atoms with Crippen molar-refractivity contribution in [2.24, 2.45) is 5.84 Å². The summed E-state index contributed by atoms with van der Waals surface area (Å²) in [7, 11) is 0. The van der Waals surface area contributed by atoms with Gasteiger partial charge in [0.15, 0.2) is 0 Å². The Balaban J connectivity index is 3.43. The van der Waals surface area contributed by atoms with Crippen molar-refractivity contribution in [3.05, 3.63) is 27.9 Å². The van der Waals surface area contributed by atoms with Gasteiger partial charge in [-0.1, -0.05) is 0 Å². The van der Waals surface area contributed by atoms with E-state index in [1.807, 2.05) is 5.43 Å². The Hall–Kier alpha value is -2.22. The number of aromatic nitrogens is 1. The predicted molar refractivity (Wildman–Crippen MR) is 45.7 cm³/mol. The molecular formula is C6H6N4O4. The number of nitro groups is 1. The van der Waals surface area contributed by atoms with Crippen molar-refractivity contribution in [3.8, 4) is 0 Å². The molecule has 0 fully saturated rings. The van der Waals surface area contributed by atoms with Gasteiger partial charge in [-0.05, 0) is 6.07 Å². The Bertz CT molecular complexity index is 391. The molecule has 0 atom stereocenters. The lowest BCUT2D eigenvalue weighted by Crippen LogP contribution is -2.13. The summed E-state index contributed by atoms with van der Waals surface area (Å²) in [5, 5.41) is 19.1. The molecule has 8 nitrogen and oxygen atoms in total. The number of carboxylic acid groups (broad SMARTS) is 1. The highest BCUT2D eigenvalue weighted by Crippen LogP contribution is 2.25. The minimum atomic E-state index is -1.41. The van der Waals surface area contributed by atoms with Crippen molar-refractivity contribution < 1.29 is 14.8 Å². The van der Waals surface area contributed by atoms with Crippen LogP contribution in [0.15, 0.2) is 12.3 Å². The molecule has 0 aromatic carbocycles. The number of nitrogen functional groups attached to an aromatic ring is 1. The summed E-state index contributed by atoms with van der Waals surface area (Å²) < 4.78 is 0. The molecule has 0 saturated carbocycles. The first kappa shape index (κ1) is 9.86. The average molecular weight is 198 g/mol. The fraction of sp³-hybridized carbons (Fsp3) is 0. The second-order valence-corrected chi connectivity index (χ2v) is 2.26. The van der Waals surface area contributed by atoms with Crippen LogP contribution in [0.3, 0.4) is 0 Å². The quantitative estimate of drug-likeness (QED) is 0.353. The Labute approximate surface area is 77.5 Å². The van der Waals surface area contributed by atoms with Crippen LogP contribution in [0.25, 0.3) is 0 Å². The topological polar surface area (TPSA) is 131 Å².